The molecule has 1 aliphatic heterocycles. The van der Waals surface area contributed by atoms with Gasteiger partial charge in [0.15, 0.2) is 0 Å². The van der Waals surface area contributed by atoms with Crippen molar-refractivity contribution in [2.24, 2.45) is 0 Å². The molecule has 0 unspecified atom stereocenters. The van der Waals surface area contributed by atoms with Crippen LogP contribution in [-0.4, -0.2) is 44.0 Å². The summed E-state index contributed by atoms with van der Waals surface area (Å²) in [6.45, 7) is 6.00. The standard InChI is InChI=1S/C14H20N2O/c1-12-5-3-4-6-13(12)11-14(17)16-9-7-15(2)8-10-16/h3-6H,7-11H2,1-2H3/p+1. The van der Waals surface area contributed by atoms with Crippen LogP contribution >= 0.6 is 0 Å². The fourth-order valence-electron chi connectivity index (χ4n) is 2.22. The molecule has 1 amide bonds. The van der Waals surface area contributed by atoms with Gasteiger partial charge in [0.05, 0.1) is 39.6 Å². The van der Waals surface area contributed by atoms with Crippen molar-refractivity contribution < 1.29 is 9.69 Å². The molecule has 1 aromatic carbocycles. The van der Waals surface area contributed by atoms with Crippen molar-refractivity contribution in [2.45, 2.75) is 13.3 Å². The Morgan fingerprint density at radius 3 is 2.59 bits per heavy atom. The zero-order valence-electron chi connectivity index (χ0n) is 10.7. The second kappa shape index (κ2) is 5.32. The van der Waals surface area contributed by atoms with Gasteiger partial charge < -0.3 is 9.80 Å². The van der Waals surface area contributed by atoms with E-state index in [-0.39, 0.29) is 5.91 Å². The first-order chi connectivity index (χ1) is 8.16. The molecule has 1 heterocycles. The Balaban J connectivity index is 1.95. The third kappa shape index (κ3) is 3.07. The molecule has 17 heavy (non-hydrogen) atoms. The average molecular weight is 233 g/mol. The zero-order valence-corrected chi connectivity index (χ0v) is 10.7. The first-order valence-corrected chi connectivity index (χ1v) is 6.30. The minimum atomic E-state index is 0.270. The summed E-state index contributed by atoms with van der Waals surface area (Å²) >= 11 is 0. The normalized spacial score (nSPS) is 17.2. The van der Waals surface area contributed by atoms with Gasteiger partial charge in [0.2, 0.25) is 5.91 Å². The van der Waals surface area contributed by atoms with Crippen LogP contribution in [0.5, 0.6) is 0 Å². The Bertz CT molecular complexity index is 395. The summed E-state index contributed by atoms with van der Waals surface area (Å²) in [5, 5.41) is 0. The Morgan fingerprint density at radius 2 is 1.94 bits per heavy atom. The molecule has 1 N–H and O–H groups in total. The van der Waals surface area contributed by atoms with E-state index in [9.17, 15) is 4.79 Å². The lowest BCUT2D eigenvalue weighted by atomic mass is 10.1. The SMILES string of the molecule is Cc1ccccc1CC(=O)N1CC[NH+](C)CC1. The number of carbonyl (C=O) groups is 1. The number of nitrogens with one attached hydrogen (secondary N) is 1. The highest BCUT2D eigenvalue weighted by Crippen LogP contribution is 2.09. The number of rotatable bonds is 2. The largest absolute Gasteiger partial charge is 0.334 e. The summed E-state index contributed by atoms with van der Waals surface area (Å²) in [6.07, 6.45) is 0.547. The molecule has 0 aliphatic carbocycles. The molecule has 0 spiro atoms. The maximum absolute atomic E-state index is 12.1. The zero-order chi connectivity index (χ0) is 12.3. The van der Waals surface area contributed by atoms with Crippen LogP contribution in [-0.2, 0) is 11.2 Å². The molecule has 1 saturated heterocycles. The minimum absolute atomic E-state index is 0.270. The third-order valence-corrected chi connectivity index (χ3v) is 3.57. The number of likely N-dealkylation sites (N-methyl/N-ethyl adjacent to an activating group) is 1. The van der Waals surface area contributed by atoms with Gasteiger partial charge in [-0.15, -0.1) is 0 Å². The van der Waals surface area contributed by atoms with E-state index >= 15 is 0 Å². The van der Waals surface area contributed by atoms with Gasteiger partial charge in [0, 0.05) is 0 Å². The molecule has 92 valence electrons. The maximum Gasteiger partial charge on any atom is 0.227 e. The lowest BCUT2D eigenvalue weighted by Crippen LogP contribution is -3.12. The van der Waals surface area contributed by atoms with Crippen molar-refractivity contribution in [1.82, 2.24) is 4.90 Å². The van der Waals surface area contributed by atoms with Crippen molar-refractivity contribution in [3.05, 3.63) is 35.4 Å². The van der Waals surface area contributed by atoms with Crippen LogP contribution in [0.3, 0.4) is 0 Å². The number of aryl methyl sites for hydroxylation is 1. The van der Waals surface area contributed by atoms with E-state index in [0.29, 0.717) is 6.42 Å². The summed E-state index contributed by atoms with van der Waals surface area (Å²) in [4.78, 5) is 15.7. The van der Waals surface area contributed by atoms with Crippen LogP contribution in [0.4, 0.5) is 0 Å². The maximum atomic E-state index is 12.1. The van der Waals surface area contributed by atoms with Gasteiger partial charge in [-0.2, -0.15) is 0 Å². The van der Waals surface area contributed by atoms with Crippen LogP contribution in [0, 0.1) is 6.92 Å². The predicted molar refractivity (Wildman–Crippen MR) is 68.1 cm³/mol. The number of amides is 1. The first kappa shape index (κ1) is 12.1. The van der Waals surface area contributed by atoms with Crippen molar-refractivity contribution >= 4 is 5.91 Å². The van der Waals surface area contributed by atoms with Crippen LogP contribution in [0.15, 0.2) is 24.3 Å². The van der Waals surface area contributed by atoms with Crippen molar-refractivity contribution in [1.29, 1.82) is 0 Å². The highest BCUT2D eigenvalue weighted by Gasteiger charge is 2.21. The summed E-state index contributed by atoms with van der Waals surface area (Å²) in [5.41, 5.74) is 2.37. The predicted octanol–water partition coefficient (Wildman–Crippen LogP) is -0.106. The summed E-state index contributed by atoms with van der Waals surface area (Å²) in [7, 11) is 2.18. The van der Waals surface area contributed by atoms with E-state index in [0.717, 1.165) is 31.7 Å². The molecule has 1 aliphatic rings. The molecule has 1 fully saturated rings. The lowest BCUT2D eigenvalue weighted by Gasteiger charge is -2.30. The highest BCUT2D eigenvalue weighted by atomic mass is 16.2. The first-order valence-electron chi connectivity index (χ1n) is 6.30. The van der Waals surface area contributed by atoms with Gasteiger partial charge in [-0.25, -0.2) is 0 Å². The van der Waals surface area contributed by atoms with Gasteiger partial charge in [-0.05, 0) is 18.1 Å². The molecule has 3 heteroatoms. The fraction of sp³-hybridized carbons (Fsp3) is 0.500. The Morgan fingerprint density at radius 1 is 1.29 bits per heavy atom. The topological polar surface area (TPSA) is 24.8 Å². The molecular formula is C14H21N2O+. The quantitative estimate of drug-likeness (QED) is 0.758. The smallest absolute Gasteiger partial charge is 0.227 e. The van der Waals surface area contributed by atoms with Gasteiger partial charge >= 0.3 is 0 Å². The number of benzene rings is 1. The fourth-order valence-corrected chi connectivity index (χ4v) is 2.22. The molecule has 0 radical (unpaired) electrons. The lowest BCUT2D eigenvalue weighted by molar-refractivity contribution is -0.883. The van der Waals surface area contributed by atoms with E-state index < -0.39 is 0 Å². The number of nitrogens with zero attached hydrogens (tertiary/aromatic N) is 1. The summed E-state index contributed by atoms with van der Waals surface area (Å²) < 4.78 is 0. The minimum Gasteiger partial charge on any atom is -0.334 e. The van der Waals surface area contributed by atoms with Crippen LogP contribution in [0.2, 0.25) is 0 Å². The number of carbonyl (C=O) groups excluding carboxylic acids is 1. The number of piperazine rings is 1. The number of hydrogen-bond donors (Lipinski definition) is 1. The van der Waals surface area contributed by atoms with Crippen LogP contribution in [0.1, 0.15) is 11.1 Å². The molecule has 0 aromatic heterocycles. The molecule has 1 aromatic rings. The molecule has 0 bridgehead atoms. The average Bonchev–Trinajstić information content (AvgIpc) is 2.33. The second-order valence-corrected chi connectivity index (χ2v) is 4.94. The van der Waals surface area contributed by atoms with E-state index in [1.54, 1.807) is 0 Å². The molecule has 0 saturated carbocycles. The summed E-state index contributed by atoms with van der Waals surface area (Å²) in [5.74, 6) is 0.270. The van der Waals surface area contributed by atoms with Crippen molar-refractivity contribution in [3.8, 4) is 0 Å². The van der Waals surface area contributed by atoms with Crippen molar-refractivity contribution in [3.63, 3.8) is 0 Å². The summed E-state index contributed by atoms with van der Waals surface area (Å²) in [6, 6.07) is 8.14. The van der Waals surface area contributed by atoms with Gasteiger partial charge in [0.25, 0.3) is 0 Å². The van der Waals surface area contributed by atoms with Crippen molar-refractivity contribution in [2.75, 3.05) is 33.2 Å². The molecular weight excluding hydrogens is 212 g/mol. The third-order valence-electron chi connectivity index (χ3n) is 3.57. The monoisotopic (exact) mass is 233 g/mol. The Labute approximate surface area is 103 Å². The van der Waals surface area contributed by atoms with E-state index in [2.05, 4.69) is 26.1 Å². The van der Waals surface area contributed by atoms with E-state index in [4.69, 9.17) is 0 Å². The molecule has 0 atom stereocenters. The van der Waals surface area contributed by atoms with Crippen LogP contribution < -0.4 is 4.90 Å². The second-order valence-electron chi connectivity index (χ2n) is 4.94. The van der Waals surface area contributed by atoms with Gasteiger partial charge in [0.1, 0.15) is 0 Å². The Hall–Kier alpha value is -1.35. The molecule has 3 nitrogen and oxygen atoms in total. The van der Waals surface area contributed by atoms with Gasteiger partial charge in [-0.3, -0.25) is 4.79 Å². The van der Waals surface area contributed by atoms with Gasteiger partial charge in [-0.1, -0.05) is 24.3 Å². The van der Waals surface area contributed by atoms with Crippen LogP contribution in [0.25, 0.3) is 0 Å². The van der Waals surface area contributed by atoms with E-state index in [1.807, 2.05) is 17.0 Å². The Kier molecular flexibility index (Phi) is 3.79. The van der Waals surface area contributed by atoms with E-state index in [1.165, 1.54) is 10.5 Å². The number of hydrogen-bond acceptors (Lipinski definition) is 1. The molecule has 2 rings (SSSR count). The number of quaternary nitrogens is 1. The highest BCUT2D eigenvalue weighted by molar-refractivity contribution is 5.79.